The Bertz CT molecular complexity index is 665. The molecule has 30 heavy (non-hydrogen) atoms. The third-order valence-corrected chi connectivity index (χ3v) is 4.50. The zero-order valence-corrected chi connectivity index (χ0v) is 17.5. The third kappa shape index (κ3) is 9.57. The molecule has 1 aliphatic rings. The molecule has 1 fully saturated rings. The van der Waals surface area contributed by atoms with Crippen molar-refractivity contribution >= 4 is 17.9 Å². The molecule has 0 atom stereocenters. The number of methoxy groups -OCH3 is 3. The van der Waals surface area contributed by atoms with Crippen LogP contribution in [0.1, 0.15) is 18.4 Å². The SMILES string of the molecule is COC(=O)CN1CCC(COCc2cc(OC)cc(OC)c2)CC1.O=C(O)C(=O)O. The highest BCUT2D eigenvalue weighted by molar-refractivity contribution is 6.27. The summed E-state index contributed by atoms with van der Waals surface area (Å²) in [5.41, 5.74) is 1.04. The number of carboxylic acids is 2. The number of rotatable bonds is 8. The van der Waals surface area contributed by atoms with E-state index in [1.165, 1.54) is 7.11 Å². The van der Waals surface area contributed by atoms with Crippen molar-refractivity contribution in [2.75, 3.05) is 47.6 Å². The van der Waals surface area contributed by atoms with E-state index in [-0.39, 0.29) is 5.97 Å². The van der Waals surface area contributed by atoms with Crippen molar-refractivity contribution in [1.82, 2.24) is 4.90 Å². The fraction of sp³-hybridized carbons (Fsp3) is 0.550. The normalized spacial score (nSPS) is 14.2. The molecule has 1 aromatic rings. The molecule has 2 rings (SSSR count). The summed E-state index contributed by atoms with van der Waals surface area (Å²) < 4.78 is 21.1. The second-order valence-electron chi connectivity index (χ2n) is 6.64. The smallest absolute Gasteiger partial charge is 0.414 e. The Morgan fingerprint density at radius 1 is 0.967 bits per heavy atom. The van der Waals surface area contributed by atoms with Crippen LogP contribution in [0, 0.1) is 5.92 Å². The van der Waals surface area contributed by atoms with Gasteiger partial charge < -0.3 is 29.2 Å². The number of benzene rings is 1. The molecule has 168 valence electrons. The van der Waals surface area contributed by atoms with Crippen molar-refractivity contribution < 1.29 is 43.5 Å². The van der Waals surface area contributed by atoms with Gasteiger partial charge >= 0.3 is 17.9 Å². The molecule has 10 heteroatoms. The maximum Gasteiger partial charge on any atom is 0.414 e. The summed E-state index contributed by atoms with van der Waals surface area (Å²) in [5.74, 6) is -1.75. The number of aliphatic carboxylic acids is 2. The Morgan fingerprint density at radius 3 is 1.93 bits per heavy atom. The Morgan fingerprint density at radius 2 is 1.50 bits per heavy atom. The van der Waals surface area contributed by atoms with Gasteiger partial charge in [0.2, 0.25) is 0 Å². The molecule has 0 aromatic heterocycles. The number of hydrogen-bond donors (Lipinski definition) is 2. The van der Waals surface area contributed by atoms with Crippen molar-refractivity contribution in [2.24, 2.45) is 5.92 Å². The maximum absolute atomic E-state index is 11.3. The number of piperidine rings is 1. The molecule has 0 radical (unpaired) electrons. The topological polar surface area (TPSA) is 132 Å². The van der Waals surface area contributed by atoms with Crippen LogP contribution in [0.2, 0.25) is 0 Å². The number of carboxylic acid groups (broad SMARTS) is 2. The van der Waals surface area contributed by atoms with Crippen LogP contribution in [0.15, 0.2) is 18.2 Å². The Kier molecular flexibility index (Phi) is 11.2. The zero-order chi connectivity index (χ0) is 22.5. The first-order valence-electron chi connectivity index (χ1n) is 9.34. The van der Waals surface area contributed by atoms with Crippen LogP contribution in [0.25, 0.3) is 0 Å². The van der Waals surface area contributed by atoms with E-state index < -0.39 is 11.9 Å². The van der Waals surface area contributed by atoms with E-state index in [0.717, 1.165) is 49.6 Å². The molecule has 10 nitrogen and oxygen atoms in total. The zero-order valence-electron chi connectivity index (χ0n) is 17.5. The van der Waals surface area contributed by atoms with Crippen LogP contribution in [0.4, 0.5) is 0 Å². The predicted octanol–water partition coefficient (Wildman–Crippen LogP) is 1.26. The minimum Gasteiger partial charge on any atom is -0.497 e. The van der Waals surface area contributed by atoms with Crippen molar-refractivity contribution in [3.63, 3.8) is 0 Å². The van der Waals surface area contributed by atoms with Gasteiger partial charge in [0.15, 0.2) is 0 Å². The second-order valence-corrected chi connectivity index (χ2v) is 6.64. The van der Waals surface area contributed by atoms with Gasteiger partial charge in [-0.3, -0.25) is 9.69 Å². The van der Waals surface area contributed by atoms with Crippen molar-refractivity contribution in [2.45, 2.75) is 19.4 Å². The van der Waals surface area contributed by atoms with E-state index >= 15 is 0 Å². The minimum atomic E-state index is -1.82. The van der Waals surface area contributed by atoms with Gasteiger partial charge in [-0.25, -0.2) is 9.59 Å². The molecule has 0 amide bonds. The van der Waals surface area contributed by atoms with Gasteiger partial charge in [0.1, 0.15) is 11.5 Å². The Balaban J connectivity index is 0.000000656. The van der Waals surface area contributed by atoms with Gasteiger partial charge in [0.25, 0.3) is 0 Å². The van der Waals surface area contributed by atoms with E-state index in [4.69, 9.17) is 38.7 Å². The van der Waals surface area contributed by atoms with Crippen LogP contribution >= 0.6 is 0 Å². The van der Waals surface area contributed by atoms with Gasteiger partial charge in [-0.05, 0) is 49.5 Å². The fourth-order valence-electron chi connectivity index (χ4n) is 2.85. The largest absolute Gasteiger partial charge is 0.497 e. The Labute approximate surface area is 175 Å². The van der Waals surface area contributed by atoms with E-state index in [1.807, 2.05) is 18.2 Å². The number of likely N-dealkylation sites (tertiary alicyclic amines) is 1. The Hall–Kier alpha value is -2.85. The molecule has 1 saturated heterocycles. The molecule has 1 aliphatic heterocycles. The summed E-state index contributed by atoms with van der Waals surface area (Å²) >= 11 is 0. The van der Waals surface area contributed by atoms with E-state index in [0.29, 0.717) is 19.1 Å². The minimum absolute atomic E-state index is 0.170. The lowest BCUT2D eigenvalue weighted by atomic mass is 9.98. The monoisotopic (exact) mass is 427 g/mol. The highest BCUT2D eigenvalue weighted by atomic mass is 16.5. The number of hydrogen-bond acceptors (Lipinski definition) is 8. The standard InChI is InChI=1S/C18H27NO5.C2H2O4/c1-21-16-8-15(9-17(10-16)22-2)13-24-12-14-4-6-19(7-5-14)11-18(20)23-3;3-1(4)2(5)6/h8-10,14H,4-7,11-13H2,1-3H3;(H,3,4)(H,5,6). The first-order valence-corrected chi connectivity index (χ1v) is 9.34. The third-order valence-electron chi connectivity index (χ3n) is 4.50. The van der Waals surface area contributed by atoms with Crippen LogP contribution in [-0.2, 0) is 30.5 Å². The summed E-state index contributed by atoms with van der Waals surface area (Å²) in [6.07, 6.45) is 2.08. The summed E-state index contributed by atoms with van der Waals surface area (Å²) in [6, 6.07) is 5.77. The molecular weight excluding hydrogens is 398 g/mol. The maximum atomic E-state index is 11.3. The van der Waals surface area contributed by atoms with Crippen molar-refractivity contribution in [1.29, 1.82) is 0 Å². The van der Waals surface area contributed by atoms with Gasteiger partial charge in [0, 0.05) is 12.7 Å². The lowest BCUT2D eigenvalue weighted by Gasteiger charge is -2.30. The molecule has 0 aliphatic carbocycles. The van der Waals surface area contributed by atoms with E-state index in [1.54, 1.807) is 14.2 Å². The first-order chi connectivity index (χ1) is 14.3. The number of esters is 1. The quantitative estimate of drug-likeness (QED) is 0.461. The number of nitrogens with zero attached hydrogens (tertiary/aromatic N) is 1. The average molecular weight is 427 g/mol. The molecule has 1 aromatic carbocycles. The number of carbonyl (C=O) groups excluding carboxylic acids is 1. The van der Waals surface area contributed by atoms with Crippen LogP contribution in [-0.4, -0.2) is 80.6 Å². The van der Waals surface area contributed by atoms with Crippen LogP contribution in [0.5, 0.6) is 11.5 Å². The molecular formula is C20H29NO9. The fourth-order valence-corrected chi connectivity index (χ4v) is 2.85. The molecule has 0 unspecified atom stereocenters. The van der Waals surface area contributed by atoms with Crippen LogP contribution in [0.3, 0.4) is 0 Å². The summed E-state index contributed by atoms with van der Waals surface area (Å²) in [7, 11) is 4.71. The molecule has 0 saturated carbocycles. The van der Waals surface area contributed by atoms with Crippen molar-refractivity contribution in [3.8, 4) is 11.5 Å². The molecule has 2 N–H and O–H groups in total. The lowest BCUT2D eigenvalue weighted by molar-refractivity contribution is -0.159. The number of ether oxygens (including phenoxy) is 4. The predicted molar refractivity (Wildman–Crippen MR) is 106 cm³/mol. The van der Waals surface area contributed by atoms with Gasteiger partial charge in [-0.1, -0.05) is 0 Å². The molecule has 1 heterocycles. The molecule has 0 bridgehead atoms. The van der Waals surface area contributed by atoms with Crippen LogP contribution < -0.4 is 9.47 Å². The van der Waals surface area contributed by atoms with Gasteiger partial charge in [0.05, 0.1) is 34.5 Å². The van der Waals surface area contributed by atoms with Crippen molar-refractivity contribution in [3.05, 3.63) is 23.8 Å². The van der Waals surface area contributed by atoms with Gasteiger partial charge in [-0.15, -0.1) is 0 Å². The highest BCUT2D eigenvalue weighted by Crippen LogP contribution is 2.24. The first kappa shape index (κ1) is 25.2. The second kappa shape index (κ2) is 13.4. The number of carbonyl (C=O) groups is 3. The molecule has 0 spiro atoms. The van der Waals surface area contributed by atoms with E-state index in [9.17, 15) is 4.79 Å². The lowest BCUT2D eigenvalue weighted by Crippen LogP contribution is -2.38. The summed E-state index contributed by atoms with van der Waals surface area (Å²) in [5, 5.41) is 14.8. The average Bonchev–Trinajstić information content (AvgIpc) is 2.74. The summed E-state index contributed by atoms with van der Waals surface area (Å²) in [4.78, 5) is 31.6. The van der Waals surface area contributed by atoms with Gasteiger partial charge in [-0.2, -0.15) is 0 Å². The van der Waals surface area contributed by atoms with E-state index in [2.05, 4.69) is 4.90 Å². The summed E-state index contributed by atoms with van der Waals surface area (Å²) in [6.45, 7) is 3.47. The highest BCUT2D eigenvalue weighted by Gasteiger charge is 2.21.